The van der Waals surface area contributed by atoms with Crippen molar-refractivity contribution >= 4 is 5.78 Å². The Morgan fingerprint density at radius 3 is 2.57 bits per heavy atom. The average Bonchev–Trinajstić information content (AvgIpc) is 2.17. The van der Waals surface area contributed by atoms with Crippen molar-refractivity contribution in [1.29, 1.82) is 0 Å². The van der Waals surface area contributed by atoms with Gasteiger partial charge in [-0.3, -0.25) is 4.79 Å². The number of benzene rings is 1. The quantitative estimate of drug-likeness (QED) is 0.687. The maximum absolute atomic E-state index is 12.8. The standard InChI is InChI=1S/C10H9F3O/c1-2-9(14)6-3-4-8(11)7(5-6)10(12)13/h3-5,10H,2H2,1H3. The molecule has 0 spiro atoms. The maximum atomic E-state index is 12.8. The first-order valence-electron chi connectivity index (χ1n) is 4.17. The van der Waals surface area contributed by atoms with E-state index in [9.17, 15) is 18.0 Å². The van der Waals surface area contributed by atoms with Crippen molar-refractivity contribution in [3.63, 3.8) is 0 Å². The predicted molar refractivity (Wildman–Crippen MR) is 46.0 cm³/mol. The van der Waals surface area contributed by atoms with Crippen molar-refractivity contribution in [1.82, 2.24) is 0 Å². The van der Waals surface area contributed by atoms with E-state index >= 15 is 0 Å². The lowest BCUT2D eigenvalue weighted by molar-refractivity contribution is 0.0987. The van der Waals surface area contributed by atoms with Gasteiger partial charge in [0.1, 0.15) is 5.82 Å². The van der Waals surface area contributed by atoms with Gasteiger partial charge in [-0.25, -0.2) is 13.2 Å². The Morgan fingerprint density at radius 2 is 2.07 bits per heavy atom. The molecule has 14 heavy (non-hydrogen) atoms. The summed E-state index contributed by atoms with van der Waals surface area (Å²) < 4.78 is 37.2. The summed E-state index contributed by atoms with van der Waals surface area (Å²) in [6.07, 6.45) is -2.67. The smallest absolute Gasteiger partial charge is 0.266 e. The molecule has 0 saturated carbocycles. The fourth-order valence-corrected chi connectivity index (χ4v) is 1.09. The fraction of sp³-hybridized carbons (Fsp3) is 0.300. The minimum absolute atomic E-state index is 0.129. The van der Waals surface area contributed by atoms with Gasteiger partial charge in [-0.1, -0.05) is 6.92 Å². The molecule has 0 aromatic heterocycles. The number of hydrogen-bond donors (Lipinski definition) is 0. The molecule has 0 atom stereocenters. The van der Waals surface area contributed by atoms with Gasteiger partial charge in [-0.05, 0) is 18.2 Å². The Bertz CT molecular complexity index is 347. The zero-order valence-electron chi connectivity index (χ0n) is 7.56. The SMILES string of the molecule is CCC(=O)c1ccc(F)c(C(F)F)c1. The molecule has 0 saturated heterocycles. The highest BCUT2D eigenvalue weighted by molar-refractivity contribution is 5.95. The van der Waals surface area contributed by atoms with Crippen LogP contribution < -0.4 is 0 Å². The van der Waals surface area contributed by atoms with E-state index in [0.29, 0.717) is 0 Å². The van der Waals surface area contributed by atoms with Crippen molar-refractivity contribution in [2.24, 2.45) is 0 Å². The van der Waals surface area contributed by atoms with Crippen molar-refractivity contribution in [3.8, 4) is 0 Å². The van der Waals surface area contributed by atoms with E-state index < -0.39 is 17.8 Å². The molecule has 0 radical (unpaired) electrons. The molecule has 4 heteroatoms. The van der Waals surface area contributed by atoms with E-state index in [4.69, 9.17) is 0 Å². The van der Waals surface area contributed by atoms with Crippen molar-refractivity contribution in [3.05, 3.63) is 35.1 Å². The Balaban J connectivity index is 3.13. The van der Waals surface area contributed by atoms with Gasteiger partial charge in [-0.2, -0.15) is 0 Å². The first-order chi connectivity index (χ1) is 6.56. The summed E-state index contributed by atoms with van der Waals surface area (Å²) in [5.74, 6) is -1.25. The molecule has 0 aliphatic heterocycles. The Hall–Kier alpha value is -1.32. The average molecular weight is 202 g/mol. The second kappa shape index (κ2) is 4.26. The molecule has 1 rings (SSSR count). The molecule has 1 aromatic rings. The van der Waals surface area contributed by atoms with Crippen molar-refractivity contribution in [2.45, 2.75) is 19.8 Å². The van der Waals surface area contributed by atoms with Crippen LogP contribution in [0, 0.1) is 5.82 Å². The van der Waals surface area contributed by atoms with Crippen molar-refractivity contribution in [2.75, 3.05) is 0 Å². The molecule has 0 aliphatic carbocycles. The van der Waals surface area contributed by atoms with E-state index in [0.717, 1.165) is 12.1 Å². The molecule has 0 unspecified atom stereocenters. The normalized spacial score (nSPS) is 10.6. The maximum Gasteiger partial charge on any atom is 0.266 e. The molecule has 0 amide bonds. The lowest BCUT2D eigenvalue weighted by Gasteiger charge is -2.04. The topological polar surface area (TPSA) is 17.1 Å². The number of halogens is 3. The highest BCUT2D eigenvalue weighted by Crippen LogP contribution is 2.23. The third kappa shape index (κ3) is 2.13. The van der Waals surface area contributed by atoms with E-state index in [1.165, 1.54) is 6.07 Å². The van der Waals surface area contributed by atoms with E-state index in [2.05, 4.69) is 0 Å². The van der Waals surface area contributed by atoms with Crippen LogP contribution in [-0.4, -0.2) is 5.78 Å². The number of alkyl halides is 2. The van der Waals surface area contributed by atoms with Crippen LogP contribution in [0.5, 0.6) is 0 Å². The minimum Gasteiger partial charge on any atom is -0.294 e. The third-order valence-electron chi connectivity index (χ3n) is 1.87. The molecule has 0 fully saturated rings. The zero-order valence-corrected chi connectivity index (χ0v) is 7.56. The van der Waals surface area contributed by atoms with Crippen LogP contribution in [0.2, 0.25) is 0 Å². The summed E-state index contributed by atoms with van der Waals surface area (Å²) in [4.78, 5) is 11.1. The molecule has 0 aliphatic rings. The van der Waals surface area contributed by atoms with Crippen LogP contribution in [-0.2, 0) is 0 Å². The van der Waals surface area contributed by atoms with Gasteiger partial charge >= 0.3 is 0 Å². The van der Waals surface area contributed by atoms with E-state index in [1.54, 1.807) is 6.92 Å². The summed E-state index contributed by atoms with van der Waals surface area (Å²) in [7, 11) is 0. The van der Waals surface area contributed by atoms with Crippen LogP contribution in [0.25, 0.3) is 0 Å². The van der Waals surface area contributed by atoms with Crippen LogP contribution in [0.15, 0.2) is 18.2 Å². The zero-order chi connectivity index (χ0) is 10.7. The Kier molecular flexibility index (Phi) is 3.28. The number of carbonyl (C=O) groups is 1. The molecule has 0 bridgehead atoms. The first kappa shape index (κ1) is 10.8. The van der Waals surface area contributed by atoms with E-state index in [1.807, 2.05) is 0 Å². The predicted octanol–water partition coefficient (Wildman–Crippen LogP) is 3.36. The van der Waals surface area contributed by atoms with Crippen LogP contribution in [0.4, 0.5) is 13.2 Å². The molecule has 0 N–H and O–H groups in total. The molecule has 0 heterocycles. The van der Waals surface area contributed by atoms with Gasteiger partial charge in [0.25, 0.3) is 6.43 Å². The van der Waals surface area contributed by atoms with Gasteiger partial charge in [0.2, 0.25) is 0 Å². The van der Waals surface area contributed by atoms with Gasteiger partial charge in [0.05, 0.1) is 5.56 Å². The van der Waals surface area contributed by atoms with Crippen molar-refractivity contribution < 1.29 is 18.0 Å². The second-order valence-corrected chi connectivity index (χ2v) is 2.81. The fourth-order valence-electron chi connectivity index (χ4n) is 1.09. The molecular formula is C10H9F3O. The second-order valence-electron chi connectivity index (χ2n) is 2.81. The molecule has 1 aromatic carbocycles. The summed E-state index contributed by atoms with van der Waals surface area (Å²) in [6, 6.07) is 3.02. The van der Waals surface area contributed by atoms with Crippen LogP contribution >= 0.6 is 0 Å². The number of Topliss-reactive ketones (excluding diaryl/α,β-unsaturated/α-hetero) is 1. The van der Waals surface area contributed by atoms with Gasteiger partial charge in [0.15, 0.2) is 5.78 Å². The van der Waals surface area contributed by atoms with Gasteiger partial charge in [-0.15, -0.1) is 0 Å². The summed E-state index contributed by atoms with van der Waals surface area (Å²) in [6.45, 7) is 1.62. The number of hydrogen-bond acceptors (Lipinski definition) is 1. The number of ketones is 1. The number of rotatable bonds is 3. The lowest BCUT2D eigenvalue weighted by atomic mass is 10.1. The summed E-state index contributed by atoms with van der Waals surface area (Å²) in [5.41, 5.74) is -0.589. The Labute approximate surface area is 79.5 Å². The summed E-state index contributed by atoms with van der Waals surface area (Å²) >= 11 is 0. The third-order valence-corrected chi connectivity index (χ3v) is 1.87. The number of carbonyl (C=O) groups excluding carboxylic acids is 1. The Morgan fingerprint density at radius 1 is 1.43 bits per heavy atom. The highest BCUT2D eigenvalue weighted by atomic mass is 19.3. The molecular weight excluding hydrogens is 193 g/mol. The largest absolute Gasteiger partial charge is 0.294 e. The monoisotopic (exact) mass is 202 g/mol. The molecule has 1 nitrogen and oxygen atoms in total. The highest BCUT2D eigenvalue weighted by Gasteiger charge is 2.15. The molecule has 76 valence electrons. The van der Waals surface area contributed by atoms with Gasteiger partial charge < -0.3 is 0 Å². The summed E-state index contributed by atoms with van der Waals surface area (Å²) in [5, 5.41) is 0. The minimum atomic E-state index is -2.89. The van der Waals surface area contributed by atoms with Gasteiger partial charge in [0, 0.05) is 12.0 Å². The van der Waals surface area contributed by atoms with Crippen LogP contribution in [0.3, 0.4) is 0 Å². The first-order valence-corrected chi connectivity index (χ1v) is 4.17. The lowest BCUT2D eigenvalue weighted by Crippen LogP contribution is -2.00. The van der Waals surface area contributed by atoms with E-state index in [-0.39, 0.29) is 17.8 Å². The van der Waals surface area contributed by atoms with Crippen LogP contribution in [0.1, 0.15) is 35.7 Å².